The van der Waals surface area contributed by atoms with Crippen molar-refractivity contribution in [1.29, 1.82) is 0 Å². The number of rotatable bonds is 7. The van der Waals surface area contributed by atoms with E-state index in [1.54, 1.807) is 32.0 Å². The number of nitrogens with zero attached hydrogens (tertiary/aromatic N) is 4. The predicted octanol–water partition coefficient (Wildman–Crippen LogP) is 1.62. The summed E-state index contributed by atoms with van der Waals surface area (Å²) in [7, 11) is 1.64. The Balaban J connectivity index is 1.45. The summed E-state index contributed by atoms with van der Waals surface area (Å²) < 4.78 is 0. The highest BCUT2D eigenvalue weighted by molar-refractivity contribution is 6.13. The van der Waals surface area contributed by atoms with Crippen LogP contribution in [0.5, 0.6) is 0 Å². The van der Waals surface area contributed by atoms with Crippen molar-refractivity contribution in [2.45, 2.75) is 44.7 Å². The van der Waals surface area contributed by atoms with Crippen LogP contribution < -0.4 is 11.1 Å². The zero-order chi connectivity index (χ0) is 27.1. The van der Waals surface area contributed by atoms with E-state index in [0.29, 0.717) is 19.4 Å². The van der Waals surface area contributed by atoms with Gasteiger partial charge in [-0.3, -0.25) is 19.4 Å². The van der Waals surface area contributed by atoms with Gasteiger partial charge in [-0.05, 0) is 37.6 Å². The van der Waals surface area contributed by atoms with Crippen molar-refractivity contribution >= 4 is 34.3 Å². The van der Waals surface area contributed by atoms with Gasteiger partial charge in [0.1, 0.15) is 11.5 Å². The summed E-state index contributed by atoms with van der Waals surface area (Å²) in [5.74, 6) is -0.833. The molecule has 1 aromatic carbocycles. The number of hydrazone groups is 1. The first kappa shape index (κ1) is 25.6. The van der Waals surface area contributed by atoms with E-state index in [0.717, 1.165) is 27.9 Å². The Kier molecular flexibility index (Phi) is 6.52. The number of nitrogens with two attached hydrogens (primary N) is 1. The second kappa shape index (κ2) is 9.68. The van der Waals surface area contributed by atoms with Crippen molar-refractivity contribution in [1.82, 2.24) is 25.2 Å². The normalized spacial score (nSPS) is 20.3. The number of nitrogens with one attached hydrogen (secondary N) is 2. The van der Waals surface area contributed by atoms with Crippen LogP contribution in [0.1, 0.15) is 31.5 Å². The third-order valence-electron chi connectivity index (χ3n) is 7.41. The Morgan fingerprint density at radius 2 is 1.97 bits per heavy atom. The van der Waals surface area contributed by atoms with Crippen LogP contribution in [-0.4, -0.2) is 75.0 Å². The minimum atomic E-state index is -1.16. The van der Waals surface area contributed by atoms with E-state index in [9.17, 15) is 14.4 Å². The van der Waals surface area contributed by atoms with Crippen LogP contribution >= 0.6 is 0 Å². The topological polar surface area (TPSA) is 137 Å². The van der Waals surface area contributed by atoms with E-state index in [1.807, 2.05) is 48.7 Å². The SMILES string of the molecule is CN1N=C2CCN(C(=O)[C@@H](Cc3c[nH]c4ccccc34)NC(=O)C(C)(C)N)C[C@@]2(Cc2ccccn2)C1=O. The molecule has 1 fully saturated rings. The number of hydrogen-bond donors (Lipinski definition) is 3. The van der Waals surface area contributed by atoms with Gasteiger partial charge in [0.2, 0.25) is 11.8 Å². The third kappa shape index (κ3) is 4.67. The summed E-state index contributed by atoms with van der Waals surface area (Å²) in [6.45, 7) is 3.77. The summed E-state index contributed by atoms with van der Waals surface area (Å²) in [6, 6.07) is 12.5. The lowest BCUT2D eigenvalue weighted by Crippen LogP contribution is -2.61. The molecule has 198 valence electrons. The Labute approximate surface area is 221 Å². The molecular weight excluding hydrogens is 482 g/mol. The van der Waals surface area contributed by atoms with Crippen LogP contribution in [0.25, 0.3) is 10.9 Å². The number of aromatic amines is 1. The Bertz CT molecular complexity index is 1410. The molecule has 2 aliphatic rings. The summed E-state index contributed by atoms with van der Waals surface area (Å²) in [4.78, 5) is 49.8. The summed E-state index contributed by atoms with van der Waals surface area (Å²) in [5.41, 5.74) is 7.30. The smallest absolute Gasteiger partial charge is 0.256 e. The van der Waals surface area contributed by atoms with E-state index in [4.69, 9.17) is 5.73 Å². The molecule has 0 aliphatic carbocycles. The first-order chi connectivity index (χ1) is 18.1. The highest BCUT2D eigenvalue weighted by atomic mass is 16.2. The molecule has 0 radical (unpaired) electrons. The first-order valence-corrected chi connectivity index (χ1v) is 12.8. The number of H-pyrrole nitrogens is 1. The van der Waals surface area contributed by atoms with Gasteiger partial charge >= 0.3 is 0 Å². The maximum absolute atomic E-state index is 14.1. The molecule has 2 atom stereocenters. The number of benzene rings is 1. The molecule has 4 N–H and O–H groups in total. The average Bonchev–Trinajstić information content (AvgIpc) is 3.41. The number of carbonyl (C=O) groups excluding carboxylic acids is 3. The number of amides is 3. The third-order valence-corrected chi connectivity index (χ3v) is 7.41. The maximum Gasteiger partial charge on any atom is 0.256 e. The summed E-state index contributed by atoms with van der Waals surface area (Å²) in [5, 5.41) is 9.76. The first-order valence-electron chi connectivity index (χ1n) is 12.8. The Morgan fingerprint density at radius 3 is 2.71 bits per heavy atom. The lowest BCUT2D eigenvalue weighted by Gasteiger charge is -2.40. The molecule has 0 spiro atoms. The highest BCUT2D eigenvalue weighted by Crippen LogP contribution is 2.38. The fraction of sp³-hybridized carbons (Fsp3) is 0.393. The van der Waals surface area contributed by atoms with Gasteiger partial charge in [-0.25, -0.2) is 5.01 Å². The average molecular weight is 516 g/mol. The van der Waals surface area contributed by atoms with Gasteiger partial charge in [0.25, 0.3) is 5.91 Å². The van der Waals surface area contributed by atoms with Crippen LogP contribution in [0.4, 0.5) is 0 Å². The van der Waals surface area contributed by atoms with Gasteiger partial charge < -0.3 is 20.9 Å². The minimum absolute atomic E-state index is 0.157. The minimum Gasteiger partial charge on any atom is -0.361 e. The molecule has 3 aromatic rings. The van der Waals surface area contributed by atoms with E-state index >= 15 is 0 Å². The molecule has 0 bridgehead atoms. The number of carbonyl (C=O) groups is 3. The molecule has 0 unspecified atom stereocenters. The second-order valence-corrected chi connectivity index (χ2v) is 10.8. The Morgan fingerprint density at radius 1 is 1.21 bits per heavy atom. The number of para-hydroxylation sites is 1. The molecule has 2 aromatic heterocycles. The molecule has 2 aliphatic heterocycles. The van der Waals surface area contributed by atoms with E-state index < -0.39 is 22.9 Å². The lowest BCUT2D eigenvalue weighted by molar-refractivity contribution is -0.142. The molecule has 3 amide bonds. The van der Waals surface area contributed by atoms with Crippen LogP contribution in [0.2, 0.25) is 0 Å². The van der Waals surface area contributed by atoms with E-state index in [2.05, 4.69) is 20.4 Å². The van der Waals surface area contributed by atoms with Crippen molar-refractivity contribution in [2.24, 2.45) is 16.3 Å². The molecule has 10 heteroatoms. The second-order valence-electron chi connectivity index (χ2n) is 10.8. The largest absolute Gasteiger partial charge is 0.361 e. The number of hydrogen-bond acceptors (Lipinski definition) is 6. The monoisotopic (exact) mass is 515 g/mol. The highest BCUT2D eigenvalue weighted by Gasteiger charge is 2.54. The molecule has 10 nitrogen and oxygen atoms in total. The van der Waals surface area contributed by atoms with E-state index in [-0.39, 0.29) is 24.8 Å². The number of pyridine rings is 1. The van der Waals surface area contributed by atoms with E-state index in [1.165, 1.54) is 5.01 Å². The van der Waals surface area contributed by atoms with Crippen LogP contribution in [-0.2, 0) is 27.2 Å². The van der Waals surface area contributed by atoms with Gasteiger partial charge in [-0.2, -0.15) is 5.10 Å². The molecular formula is C28H33N7O3. The zero-order valence-corrected chi connectivity index (χ0v) is 21.9. The fourth-order valence-electron chi connectivity index (χ4n) is 5.37. The van der Waals surface area contributed by atoms with Crippen LogP contribution in [0.15, 0.2) is 60.0 Å². The van der Waals surface area contributed by atoms with Crippen LogP contribution in [0, 0.1) is 5.41 Å². The van der Waals surface area contributed by atoms with Gasteiger partial charge in [0.05, 0.1) is 11.3 Å². The fourth-order valence-corrected chi connectivity index (χ4v) is 5.37. The number of piperidine rings is 1. The molecule has 5 rings (SSSR count). The maximum atomic E-state index is 14.1. The van der Waals surface area contributed by atoms with Crippen LogP contribution in [0.3, 0.4) is 0 Å². The van der Waals surface area contributed by atoms with Crippen molar-refractivity contribution in [2.75, 3.05) is 20.1 Å². The molecule has 4 heterocycles. The zero-order valence-electron chi connectivity index (χ0n) is 21.9. The number of likely N-dealkylation sites (tertiary alicyclic amines) is 1. The van der Waals surface area contributed by atoms with Gasteiger partial charge in [0.15, 0.2) is 0 Å². The van der Waals surface area contributed by atoms with Crippen molar-refractivity contribution in [3.63, 3.8) is 0 Å². The lowest BCUT2D eigenvalue weighted by atomic mass is 9.74. The molecule has 1 saturated heterocycles. The summed E-state index contributed by atoms with van der Waals surface area (Å²) in [6.07, 6.45) is 4.64. The Hall–Kier alpha value is -4.05. The molecule has 38 heavy (non-hydrogen) atoms. The number of aromatic nitrogens is 2. The predicted molar refractivity (Wildman–Crippen MR) is 144 cm³/mol. The quantitative estimate of drug-likeness (QED) is 0.439. The van der Waals surface area contributed by atoms with Gasteiger partial charge in [-0.1, -0.05) is 24.3 Å². The van der Waals surface area contributed by atoms with Crippen molar-refractivity contribution < 1.29 is 14.4 Å². The standard InChI is InChI=1S/C28H33N7O3/c1-27(2,29)25(37)32-22(14-18-16-31-21-10-5-4-9-20(18)21)24(36)35-13-11-23-28(17-35,26(38)34(3)33-23)15-19-8-6-7-12-30-19/h4-10,12,16,22,31H,11,13-15,17,29H2,1-3H3,(H,32,37)/t22-,28-/m1/s1. The van der Waals surface area contributed by atoms with Crippen molar-refractivity contribution in [3.8, 4) is 0 Å². The van der Waals surface area contributed by atoms with Crippen molar-refractivity contribution in [3.05, 3.63) is 66.1 Å². The molecule has 0 saturated carbocycles. The van der Waals surface area contributed by atoms with Gasteiger partial charge in [-0.15, -0.1) is 0 Å². The van der Waals surface area contributed by atoms with Gasteiger partial charge in [0, 0.05) is 68.4 Å². The summed E-state index contributed by atoms with van der Waals surface area (Å²) >= 11 is 0. The number of fused-ring (bicyclic) bond motifs is 2.